The van der Waals surface area contributed by atoms with Gasteiger partial charge in [-0.15, -0.1) is 0 Å². The number of likely N-dealkylation sites (N-methyl/N-ethyl adjacent to an activating group) is 1. The van der Waals surface area contributed by atoms with E-state index < -0.39 is 6.04 Å². The molecule has 0 aliphatic carbocycles. The van der Waals surface area contributed by atoms with E-state index in [-0.39, 0.29) is 18.2 Å². The van der Waals surface area contributed by atoms with Crippen molar-refractivity contribution in [1.82, 2.24) is 10.2 Å². The van der Waals surface area contributed by atoms with E-state index in [0.717, 1.165) is 15.6 Å². The molecule has 0 radical (unpaired) electrons. The molecule has 2 aromatic carbocycles. The molecule has 2 amide bonds. The first kappa shape index (κ1) is 20.5. The first-order valence-electron chi connectivity index (χ1n) is 8.46. The first-order chi connectivity index (χ1) is 12.4. The largest absolute Gasteiger partial charge is 0.355 e. The van der Waals surface area contributed by atoms with Gasteiger partial charge in [0.2, 0.25) is 11.8 Å². The van der Waals surface area contributed by atoms with E-state index in [1.165, 1.54) is 0 Å². The fraction of sp³-hybridized carbons (Fsp3) is 0.300. The van der Waals surface area contributed by atoms with Gasteiger partial charge in [0.25, 0.3) is 0 Å². The summed E-state index contributed by atoms with van der Waals surface area (Å²) in [5.41, 5.74) is 1.79. The second kappa shape index (κ2) is 9.74. The molecule has 0 heterocycles. The van der Waals surface area contributed by atoms with Crippen LogP contribution in [-0.4, -0.2) is 29.3 Å². The van der Waals surface area contributed by atoms with Crippen molar-refractivity contribution in [1.29, 1.82) is 0 Å². The van der Waals surface area contributed by atoms with E-state index >= 15 is 0 Å². The maximum Gasteiger partial charge on any atom is 0.242 e. The highest BCUT2D eigenvalue weighted by molar-refractivity contribution is 9.10. The summed E-state index contributed by atoms with van der Waals surface area (Å²) in [6, 6.07) is 14.4. The zero-order valence-corrected chi connectivity index (χ0v) is 17.2. The van der Waals surface area contributed by atoms with Crippen LogP contribution in [0, 0.1) is 0 Å². The molecule has 138 valence electrons. The van der Waals surface area contributed by atoms with Crippen molar-refractivity contribution < 1.29 is 9.59 Å². The molecule has 1 N–H and O–H groups in total. The maximum atomic E-state index is 12.9. The summed E-state index contributed by atoms with van der Waals surface area (Å²) in [6.07, 6.45) is 0.195. The molecule has 1 atom stereocenters. The van der Waals surface area contributed by atoms with Crippen LogP contribution in [-0.2, 0) is 22.6 Å². The number of rotatable bonds is 7. The Morgan fingerprint density at radius 1 is 1.15 bits per heavy atom. The monoisotopic (exact) mass is 436 g/mol. The highest BCUT2D eigenvalue weighted by Gasteiger charge is 2.25. The van der Waals surface area contributed by atoms with Crippen molar-refractivity contribution in [2.75, 3.05) is 6.54 Å². The minimum absolute atomic E-state index is 0.117. The Bertz CT molecular complexity index is 765. The lowest BCUT2D eigenvalue weighted by molar-refractivity contribution is -0.140. The average Bonchev–Trinajstić information content (AvgIpc) is 2.60. The molecule has 2 aromatic rings. The second-order valence-corrected chi connectivity index (χ2v) is 7.38. The Balaban J connectivity index is 2.21. The molecule has 0 saturated carbocycles. The van der Waals surface area contributed by atoms with Crippen LogP contribution in [0.5, 0.6) is 0 Å². The van der Waals surface area contributed by atoms with E-state index in [1.807, 2.05) is 43.3 Å². The number of amides is 2. The standard InChI is InChI=1S/C20H22BrClN2O2/c1-3-23-20(26)14(2)24(13-15-7-9-17(21)10-8-15)19(25)12-16-5-4-6-18(22)11-16/h4-11,14H,3,12-13H2,1-2H3,(H,23,26)/t14-/m1/s1. The van der Waals surface area contributed by atoms with Crippen molar-refractivity contribution in [3.05, 3.63) is 69.2 Å². The van der Waals surface area contributed by atoms with Gasteiger partial charge in [-0.2, -0.15) is 0 Å². The van der Waals surface area contributed by atoms with E-state index in [1.54, 1.807) is 24.0 Å². The topological polar surface area (TPSA) is 49.4 Å². The number of nitrogens with zero attached hydrogens (tertiary/aromatic N) is 1. The first-order valence-corrected chi connectivity index (χ1v) is 9.64. The van der Waals surface area contributed by atoms with Crippen LogP contribution in [0.15, 0.2) is 53.0 Å². The minimum atomic E-state index is -0.565. The van der Waals surface area contributed by atoms with Crippen LogP contribution in [0.3, 0.4) is 0 Å². The summed E-state index contributed by atoms with van der Waals surface area (Å²) >= 11 is 9.42. The van der Waals surface area contributed by atoms with E-state index in [0.29, 0.717) is 18.1 Å². The molecular weight excluding hydrogens is 416 g/mol. The Morgan fingerprint density at radius 3 is 2.46 bits per heavy atom. The molecule has 0 saturated heterocycles. The van der Waals surface area contributed by atoms with Crippen LogP contribution in [0.2, 0.25) is 5.02 Å². The maximum absolute atomic E-state index is 12.9. The smallest absolute Gasteiger partial charge is 0.242 e. The summed E-state index contributed by atoms with van der Waals surface area (Å²) in [6.45, 7) is 4.50. The molecule has 0 spiro atoms. The number of hydrogen-bond donors (Lipinski definition) is 1. The minimum Gasteiger partial charge on any atom is -0.355 e. The van der Waals surface area contributed by atoms with Gasteiger partial charge in [0.15, 0.2) is 0 Å². The number of carbonyl (C=O) groups is 2. The van der Waals surface area contributed by atoms with E-state index in [4.69, 9.17) is 11.6 Å². The van der Waals surface area contributed by atoms with Gasteiger partial charge >= 0.3 is 0 Å². The molecule has 0 aliphatic rings. The van der Waals surface area contributed by atoms with Gasteiger partial charge in [0.1, 0.15) is 6.04 Å². The third kappa shape index (κ3) is 5.85. The number of nitrogens with one attached hydrogen (secondary N) is 1. The normalized spacial score (nSPS) is 11.7. The molecule has 6 heteroatoms. The summed E-state index contributed by atoms with van der Waals surface area (Å²) in [5.74, 6) is -0.280. The van der Waals surface area contributed by atoms with Crippen LogP contribution in [0.1, 0.15) is 25.0 Å². The summed E-state index contributed by atoms with van der Waals surface area (Å²) in [7, 11) is 0. The molecule has 0 fully saturated rings. The highest BCUT2D eigenvalue weighted by atomic mass is 79.9. The lowest BCUT2D eigenvalue weighted by Crippen LogP contribution is -2.48. The van der Waals surface area contributed by atoms with Gasteiger partial charge in [0.05, 0.1) is 6.42 Å². The number of benzene rings is 2. The molecule has 0 bridgehead atoms. The third-order valence-electron chi connectivity index (χ3n) is 4.03. The van der Waals surface area contributed by atoms with Gasteiger partial charge in [-0.05, 0) is 49.2 Å². The zero-order valence-electron chi connectivity index (χ0n) is 14.8. The Morgan fingerprint density at radius 2 is 1.85 bits per heavy atom. The summed E-state index contributed by atoms with van der Waals surface area (Å²) < 4.78 is 0.967. The number of hydrogen-bond acceptors (Lipinski definition) is 2. The van der Waals surface area contributed by atoms with Gasteiger partial charge in [-0.25, -0.2) is 0 Å². The van der Waals surface area contributed by atoms with Gasteiger partial charge in [0, 0.05) is 22.6 Å². The molecule has 26 heavy (non-hydrogen) atoms. The van der Waals surface area contributed by atoms with Crippen molar-refractivity contribution in [2.45, 2.75) is 32.9 Å². The van der Waals surface area contributed by atoms with Crippen LogP contribution in [0.4, 0.5) is 0 Å². The fourth-order valence-electron chi connectivity index (χ4n) is 2.61. The number of halogens is 2. The van der Waals surface area contributed by atoms with Crippen molar-refractivity contribution >= 4 is 39.3 Å². The Labute approximate surface area is 167 Å². The van der Waals surface area contributed by atoms with Crippen molar-refractivity contribution in [3.8, 4) is 0 Å². The molecular formula is C20H22BrClN2O2. The Hall–Kier alpha value is -1.85. The Kier molecular flexibility index (Phi) is 7.66. The summed E-state index contributed by atoms with van der Waals surface area (Å²) in [5, 5.41) is 3.38. The van der Waals surface area contributed by atoms with Crippen LogP contribution >= 0.6 is 27.5 Å². The van der Waals surface area contributed by atoms with Gasteiger partial charge < -0.3 is 10.2 Å². The van der Waals surface area contributed by atoms with Crippen molar-refractivity contribution in [2.24, 2.45) is 0 Å². The lowest BCUT2D eigenvalue weighted by Gasteiger charge is -2.29. The quantitative estimate of drug-likeness (QED) is 0.706. The van der Waals surface area contributed by atoms with E-state index in [9.17, 15) is 9.59 Å². The fourth-order valence-corrected chi connectivity index (χ4v) is 3.09. The molecule has 2 rings (SSSR count). The van der Waals surface area contributed by atoms with Gasteiger partial charge in [-0.3, -0.25) is 9.59 Å². The van der Waals surface area contributed by atoms with Crippen molar-refractivity contribution in [3.63, 3.8) is 0 Å². The third-order valence-corrected chi connectivity index (χ3v) is 4.79. The van der Waals surface area contributed by atoms with Gasteiger partial charge in [-0.1, -0.05) is 51.8 Å². The van der Waals surface area contributed by atoms with Crippen LogP contribution in [0.25, 0.3) is 0 Å². The van der Waals surface area contributed by atoms with Crippen LogP contribution < -0.4 is 5.32 Å². The molecule has 0 aromatic heterocycles. The molecule has 0 unspecified atom stereocenters. The second-order valence-electron chi connectivity index (χ2n) is 6.03. The summed E-state index contributed by atoms with van der Waals surface area (Å²) in [4.78, 5) is 26.9. The predicted molar refractivity (Wildman–Crippen MR) is 108 cm³/mol. The highest BCUT2D eigenvalue weighted by Crippen LogP contribution is 2.17. The van der Waals surface area contributed by atoms with E-state index in [2.05, 4.69) is 21.2 Å². The molecule has 4 nitrogen and oxygen atoms in total. The predicted octanol–water partition coefficient (Wildman–Crippen LogP) is 4.20. The average molecular weight is 438 g/mol. The zero-order chi connectivity index (χ0) is 19.1. The SMILES string of the molecule is CCNC(=O)[C@@H](C)N(Cc1ccc(Br)cc1)C(=O)Cc1cccc(Cl)c1. The lowest BCUT2D eigenvalue weighted by atomic mass is 10.1. The molecule has 0 aliphatic heterocycles. The number of carbonyl (C=O) groups excluding carboxylic acids is 2.